The van der Waals surface area contributed by atoms with Gasteiger partial charge in [0.15, 0.2) is 5.78 Å². The summed E-state index contributed by atoms with van der Waals surface area (Å²) in [6, 6.07) is 39.7. The van der Waals surface area contributed by atoms with Gasteiger partial charge in [0.05, 0.1) is 5.76 Å². The molecular weight excluding hydrogens is 827 g/mol. The van der Waals surface area contributed by atoms with E-state index in [2.05, 4.69) is 124 Å². The van der Waals surface area contributed by atoms with E-state index in [0.29, 0.717) is 0 Å². The average molecular weight is 877 g/mol. The van der Waals surface area contributed by atoms with Gasteiger partial charge in [-0.25, -0.2) is 0 Å². The van der Waals surface area contributed by atoms with Crippen LogP contribution in [-0.4, -0.2) is 15.9 Å². The van der Waals surface area contributed by atoms with E-state index in [-0.39, 0.29) is 48.9 Å². The molecule has 0 saturated carbocycles. The van der Waals surface area contributed by atoms with Crippen LogP contribution in [0.15, 0.2) is 115 Å². The molecule has 0 atom stereocenters. The normalized spacial score (nSPS) is 13.7. The van der Waals surface area contributed by atoms with Gasteiger partial charge >= 0.3 is 0 Å². The zero-order chi connectivity index (χ0) is 36.8. The van der Waals surface area contributed by atoms with Crippen LogP contribution >= 0.6 is 0 Å². The molecule has 0 amide bonds. The van der Waals surface area contributed by atoms with E-state index in [1.54, 1.807) is 0 Å². The van der Waals surface area contributed by atoms with Crippen LogP contribution in [0.3, 0.4) is 0 Å². The Morgan fingerprint density at radius 2 is 1.36 bits per heavy atom. The van der Waals surface area contributed by atoms with Gasteiger partial charge in [-0.1, -0.05) is 144 Å². The molecule has 273 valence electrons. The predicted molar refractivity (Wildman–Crippen MR) is 217 cm³/mol. The second-order valence-electron chi connectivity index (χ2n) is 15.5. The third kappa shape index (κ3) is 6.28. The summed E-state index contributed by atoms with van der Waals surface area (Å²) < 4.78 is 0. The molecule has 1 aromatic heterocycles. The number of aliphatic hydroxyl groups excluding tert-OH is 1. The summed E-state index contributed by atoms with van der Waals surface area (Å²) in [5.74, 6) is 0.547. The summed E-state index contributed by atoms with van der Waals surface area (Å²) in [4.78, 5) is 16.7. The monoisotopic (exact) mass is 877 g/mol. The fraction of sp³-hybridized carbons (Fsp3) is 0.306. The van der Waals surface area contributed by atoms with Crippen LogP contribution < -0.4 is 0 Å². The van der Waals surface area contributed by atoms with Crippen molar-refractivity contribution in [3.63, 3.8) is 0 Å². The van der Waals surface area contributed by atoms with E-state index < -0.39 is 5.41 Å². The molecule has 8 rings (SSSR count). The molecule has 1 spiro atoms. The Labute approximate surface area is 328 Å². The molecule has 2 aliphatic carbocycles. The smallest absolute Gasteiger partial charge is 0.162 e. The Morgan fingerprint density at radius 3 is 1.96 bits per heavy atom. The van der Waals surface area contributed by atoms with Crippen molar-refractivity contribution in [2.45, 2.75) is 85.0 Å². The van der Waals surface area contributed by atoms with Crippen molar-refractivity contribution in [1.29, 1.82) is 0 Å². The molecule has 1 radical (unpaired) electrons. The van der Waals surface area contributed by atoms with Crippen LogP contribution in [0.4, 0.5) is 0 Å². The SMILES string of the molecule is CC(C)(C)c1cc2c3c(nccc3c1)-c1[c-]cc3ccccc3c1C21c2ccccc2-c2ccccc21.CCC(CC)C(=O)/C=C(\O)C(CC)CC.[Ir]. The van der Waals surface area contributed by atoms with E-state index in [1.165, 1.54) is 66.6 Å². The number of carbonyl (C=O) groups is 1. The summed E-state index contributed by atoms with van der Waals surface area (Å²) in [5.41, 5.74) is 11.1. The van der Waals surface area contributed by atoms with Gasteiger partial charge in [0.1, 0.15) is 0 Å². The molecule has 0 aliphatic heterocycles. The van der Waals surface area contributed by atoms with E-state index in [4.69, 9.17) is 4.98 Å². The van der Waals surface area contributed by atoms with E-state index in [9.17, 15) is 9.90 Å². The maximum Gasteiger partial charge on any atom is 0.162 e. The zero-order valence-electron chi connectivity index (χ0n) is 32.0. The van der Waals surface area contributed by atoms with Crippen LogP contribution in [0.2, 0.25) is 0 Å². The Morgan fingerprint density at radius 1 is 0.774 bits per heavy atom. The minimum atomic E-state index is -0.449. The van der Waals surface area contributed by atoms with Gasteiger partial charge in [0.2, 0.25) is 0 Å². The van der Waals surface area contributed by atoms with Gasteiger partial charge < -0.3 is 10.1 Å². The molecule has 4 heteroatoms. The fourth-order valence-corrected chi connectivity index (χ4v) is 8.73. The number of hydrogen-bond donors (Lipinski definition) is 1. The molecule has 0 bridgehead atoms. The van der Waals surface area contributed by atoms with E-state index in [1.807, 2.05) is 33.9 Å². The van der Waals surface area contributed by atoms with Crippen molar-refractivity contribution in [2.24, 2.45) is 11.8 Å². The number of rotatable bonds is 7. The summed E-state index contributed by atoms with van der Waals surface area (Å²) in [6.45, 7) is 15.0. The number of aromatic nitrogens is 1. The number of hydrogen-bond acceptors (Lipinski definition) is 3. The summed E-state index contributed by atoms with van der Waals surface area (Å²) in [7, 11) is 0. The number of ketones is 1. The zero-order valence-corrected chi connectivity index (χ0v) is 34.4. The molecule has 0 unspecified atom stereocenters. The van der Waals surface area contributed by atoms with Crippen molar-refractivity contribution >= 4 is 27.3 Å². The van der Waals surface area contributed by atoms with Crippen molar-refractivity contribution in [2.75, 3.05) is 0 Å². The topological polar surface area (TPSA) is 50.2 Å². The average Bonchev–Trinajstić information content (AvgIpc) is 3.44. The maximum atomic E-state index is 11.7. The van der Waals surface area contributed by atoms with Crippen molar-refractivity contribution in [3.8, 4) is 22.4 Å². The molecule has 1 N–H and O–H groups in total. The molecular formula is C49H50IrNO2-. The van der Waals surface area contributed by atoms with Gasteiger partial charge in [-0.3, -0.25) is 4.79 Å². The van der Waals surface area contributed by atoms with Crippen LogP contribution in [-0.2, 0) is 35.7 Å². The van der Waals surface area contributed by atoms with Crippen LogP contribution in [0, 0.1) is 17.9 Å². The van der Waals surface area contributed by atoms with Gasteiger partial charge in [-0.05, 0) is 87.0 Å². The molecule has 0 saturated heterocycles. The van der Waals surface area contributed by atoms with Crippen molar-refractivity contribution < 1.29 is 30.0 Å². The fourth-order valence-electron chi connectivity index (χ4n) is 8.73. The first kappa shape index (κ1) is 38.4. The first-order valence-electron chi connectivity index (χ1n) is 19.1. The summed E-state index contributed by atoms with van der Waals surface area (Å²) in [6.07, 6.45) is 6.87. The number of allylic oxidation sites excluding steroid dienone is 2. The Kier molecular flexibility index (Phi) is 11.0. The second-order valence-corrected chi connectivity index (χ2v) is 15.5. The van der Waals surface area contributed by atoms with Crippen LogP contribution in [0.25, 0.3) is 43.9 Å². The maximum absolute atomic E-state index is 11.7. The summed E-state index contributed by atoms with van der Waals surface area (Å²) in [5, 5.41) is 14.7. The number of pyridine rings is 1. The van der Waals surface area contributed by atoms with Crippen molar-refractivity contribution in [3.05, 3.63) is 149 Å². The molecule has 0 fully saturated rings. The minimum absolute atomic E-state index is 0. The second kappa shape index (κ2) is 15.2. The third-order valence-electron chi connectivity index (χ3n) is 11.6. The Balaban J connectivity index is 0.000000258. The first-order valence-corrected chi connectivity index (χ1v) is 19.1. The Bertz CT molecular complexity index is 2290. The first-order chi connectivity index (χ1) is 25.1. The van der Waals surface area contributed by atoms with Gasteiger partial charge in [-0.15, -0.1) is 23.3 Å². The standard InChI is InChI=1S/C36H26N.C13H24O2.Ir/c1-35(2,3)24-20-23-18-19-37-34-28-17-16-22-10-4-5-11-25(22)33(28)36(31(21-24)32(23)34)29-14-8-6-12-26(29)27-13-7-9-15-30(27)36;1-5-10(6-2)12(14)9-13(15)11(7-3)8-4;/h4-16,18-21H,1-3H3;9-11,14H,5-8H2,1-4H3;/q-1;;/b;12-9-;. The van der Waals surface area contributed by atoms with Crippen LogP contribution in [0.5, 0.6) is 0 Å². The minimum Gasteiger partial charge on any atom is -0.512 e. The van der Waals surface area contributed by atoms with E-state index in [0.717, 1.165) is 36.9 Å². The predicted octanol–water partition coefficient (Wildman–Crippen LogP) is 12.7. The molecule has 53 heavy (non-hydrogen) atoms. The number of carbonyl (C=O) groups excluding carboxylic acids is 1. The molecule has 6 aromatic rings. The quantitative estimate of drug-likeness (QED) is 0.0986. The molecule has 3 nitrogen and oxygen atoms in total. The van der Waals surface area contributed by atoms with Gasteiger partial charge in [0, 0.05) is 49.6 Å². The Hall–Kier alpha value is -4.37. The van der Waals surface area contributed by atoms with Crippen LogP contribution in [0.1, 0.15) is 102 Å². The number of aliphatic hydroxyl groups is 1. The summed E-state index contributed by atoms with van der Waals surface area (Å²) >= 11 is 0. The van der Waals surface area contributed by atoms with Gasteiger partial charge in [0.25, 0.3) is 0 Å². The largest absolute Gasteiger partial charge is 0.512 e. The number of fused-ring (bicyclic) bond motifs is 11. The van der Waals surface area contributed by atoms with Crippen molar-refractivity contribution in [1.82, 2.24) is 4.98 Å². The number of nitrogens with zero attached hydrogens (tertiary/aromatic N) is 1. The molecule has 5 aromatic carbocycles. The third-order valence-corrected chi connectivity index (χ3v) is 11.6. The van der Waals surface area contributed by atoms with Gasteiger partial charge in [-0.2, -0.15) is 0 Å². The molecule has 1 heterocycles. The molecule has 2 aliphatic rings. The number of benzene rings is 5. The van der Waals surface area contributed by atoms with E-state index >= 15 is 0 Å².